The van der Waals surface area contributed by atoms with E-state index in [4.69, 9.17) is 23.2 Å². The second kappa shape index (κ2) is 4.76. The molecule has 1 N–H and O–H groups in total. The highest BCUT2D eigenvalue weighted by atomic mass is 35.5. The third kappa shape index (κ3) is 1.96. The van der Waals surface area contributed by atoms with Crippen LogP contribution in [0.2, 0.25) is 10.0 Å². The first kappa shape index (κ1) is 12.7. The van der Waals surface area contributed by atoms with Gasteiger partial charge >= 0.3 is 0 Å². The van der Waals surface area contributed by atoms with Crippen LogP contribution in [0.1, 0.15) is 19.3 Å². The summed E-state index contributed by atoms with van der Waals surface area (Å²) >= 11 is 12.2. The Morgan fingerprint density at radius 2 is 2.10 bits per heavy atom. The lowest BCUT2D eigenvalue weighted by molar-refractivity contribution is 0.526. The van der Waals surface area contributed by atoms with Gasteiger partial charge in [0.25, 0.3) is 0 Å². The van der Waals surface area contributed by atoms with Crippen LogP contribution in [-0.4, -0.2) is 25.0 Å². The molecule has 5 heteroatoms. The van der Waals surface area contributed by atoms with E-state index in [-0.39, 0.29) is 0 Å². The number of benzene rings is 1. The molecule has 3 heterocycles. The first-order valence-corrected chi connectivity index (χ1v) is 7.69. The molecule has 2 unspecified atom stereocenters. The van der Waals surface area contributed by atoms with Crippen LogP contribution < -0.4 is 10.2 Å². The van der Waals surface area contributed by atoms with Crippen LogP contribution in [0.25, 0.3) is 0 Å². The van der Waals surface area contributed by atoms with Crippen LogP contribution in [0.4, 0.5) is 5.69 Å². The van der Waals surface area contributed by atoms with E-state index in [1.54, 1.807) is 0 Å². The van der Waals surface area contributed by atoms with Gasteiger partial charge in [0.05, 0.1) is 10.0 Å². The van der Waals surface area contributed by atoms with Crippen LogP contribution >= 0.6 is 23.2 Å². The van der Waals surface area contributed by atoms with Gasteiger partial charge in [-0.2, -0.15) is 0 Å². The number of nitrogens with one attached hydrogen (secondary N) is 1. The highest BCUT2D eigenvalue weighted by Gasteiger charge is 2.37. The molecule has 1 fully saturated rings. The molecule has 0 spiro atoms. The van der Waals surface area contributed by atoms with Gasteiger partial charge in [-0.05, 0) is 43.0 Å². The molecular weight excluding hydrogens is 293 g/mol. The molecule has 0 amide bonds. The molecule has 2 atom stereocenters. The maximum atomic E-state index is 6.16. The standard InChI is InChI=1S/C15H15Cl2N3/c16-12-3-2-11(6-13(12)17)20-8-18-7-9-5-10-1-4-14(19-10)15(9)20/h2-3,6-7,10,14,19H,1,4-5,8H2. The van der Waals surface area contributed by atoms with E-state index in [1.807, 2.05) is 18.2 Å². The second-order valence-electron chi connectivity index (χ2n) is 5.59. The summed E-state index contributed by atoms with van der Waals surface area (Å²) in [6.45, 7) is 0.652. The summed E-state index contributed by atoms with van der Waals surface area (Å²) in [6, 6.07) is 6.87. The number of fused-ring (bicyclic) bond motifs is 3. The summed E-state index contributed by atoms with van der Waals surface area (Å²) in [4.78, 5) is 6.77. The summed E-state index contributed by atoms with van der Waals surface area (Å²) in [6.07, 6.45) is 5.58. The molecule has 104 valence electrons. The monoisotopic (exact) mass is 307 g/mol. The van der Waals surface area contributed by atoms with Gasteiger partial charge in [-0.3, -0.25) is 4.99 Å². The van der Waals surface area contributed by atoms with E-state index in [0.29, 0.717) is 28.8 Å². The lowest BCUT2D eigenvalue weighted by Gasteiger charge is -2.37. The molecule has 0 saturated carbocycles. The van der Waals surface area contributed by atoms with Gasteiger partial charge in [-0.25, -0.2) is 0 Å². The Kier molecular flexibility index (Phi) is 3.02. The van der Waals surface area contributed by atoms with Crippen LogP contribution in [0.15, 0.2) is 34.5 Å². The number of anilines is 1. The predicted molar refractivity (Wildman–Crippen MR) is 83.9 cm³/mol. The number of hydrogen-bond acceptors (Lipinski definition) is 3. The maximum absolute atomic E-state index is 6.16. The zero-order valence-electron chi connectivity index (χ0n) is 10.9. The normalized spacial score (nSPS) is 28.0. The Morgan fingerprint density at radius 1 is 1.20 bits per heavy atom. The van der Waals surface area contributed by atoms with Crippen LogP contribution in [-0.2, 0) is 0 Å². The summed E-state index contributed by atoms with van der Waals surface area (Å²) in [5.74, 6) is 0. The van der Waals surface area contributed by atoms with Gasteiger partial charge in [0.15, 0.2) is 0 Å². The Balaban J connectivity index is 1.76. The molecule has 0 aliphatic carbocycles. The highest BCUT2D eigenvalue weighted by molar-refractivity contribution is 6.42. The molecule has 0 radical (unpaired) electrons. The van der Waals surface area contributed by atoms with E-state index in [2.05, 4.69) is 21.4 Å². The molecule has 0 aromatic heterocycles. The number of halogens is 2. The Morgan fingerprint density at radius 3 is 2.95 bits per heavy atom. The van der Waals surface area contributed by atoms with Crippen molar-refractivity contribution in [1.29, 1.82) is 0 Å². The molecule has 3 aliphatic rings. The quantitative estimate of drug-likeness (QED) is 0.858. The summed E-state index contributed by atoms with van der Waals surface area (Å²) in [7, 11) is 0. The van der Waals surface area contributed by atoms with Crippen molar-refractivity contribution in [2.24, 2.45) is 4.99 Å². The SMILES string of the molecule is Clc1ccc(N2CN=CC3=C2C2CCC(C3)N2)cc1Cl. The number of rotatable bonds is 1. The minimum absolute atomic E-state index is 0.449. The lowest BCUT2D eigenvalue weighted by atomic mass is 9.99. The molecule has 20 heavy (non-hydrogen) atoms. The second-order valence-corrected chi connectivity index (χ2v) is 6.40. The van der Waals surface area contributed by atoms with Gasteiger partial charge in [-0.1, -0.05) is 23.2 Å². The average Bonchev–Trinajstić information content (AvgIpc) is 2.83. The number of aliphatic imine (C=N–C) groups is 1. The third-order valence-electron chi connectivity index (χ3n) is 4.34. The Hall–Kier alpha value is -1.03. The molecule has 1 aromatic carbocycles. The fourth-order valence-corrected chi connectivity index (χ4v) is 3.74. The lowest BCUT2D eigenvalue weighted by Crippen LogP contribution is -2.44. The van der Waals surface area contributed by atoms with Crippen LogP contribution in [0.5, 0.6) is 0 Å². The summed E-state index contributed by atoms with van der Waals surface area (Å²) in [5.41, 5.74) is 3.80. The zero-order valence-corrected chi connectivity index (χ0v) is 12.5. The first-order valence-electron chi connectivity index (χ1n) is 6.94. The minimum atomic E-state index is 0.449. The van der Waals surface area contributed by atoms with Crippen molar-refractivity contribution in [3.63, 3.8) is 0 Å². The minimum Gasteiger partial charge on any atom is -0.323 e. The topological polar surface area (TPSA) is 27.6 Å². The van der Waals surface area contributed by atoms with E-state index >= 15 is 0 Å². The fourth-order valence-electron chi connectivity index (χ4n) is 3.45. The maximum Gasteiger partial charge on any atom is 0.114 e. The number of hydrogen-bond donors (Lipinski definition) is 1. The van der Waals surface area contributed by atoms with Crippen molar-refractivity contribution in [3.8, 4) is 0 Å². The Labute approximate surface area is 128 Å². The molecular formula is C15H15Cl2N3. The van der Waals surface area contributed by atoms with Crippen molar-refractivity contribution in [2.45, 2.75) is 31.3 Å². The van der Waals surface area contributed by atoms with E-state index in [0.717, 1.165) is 12.1 Å². The fraction of sp³-hybridized carbons (Fsp3) is 0.400. The van der Waals surface area contributed by atoms with Gasteiger partial charge in [0, 0.05) is 29.7 Å². The van der Waals surface area contributed by atoms with Crippen molar-refractivity contribution < 1.29 is 0 Å². The van der Waals surface area contributed by atoms with Crippen molar-refractivity contribution in [3.05, 3.63) is 39.5 Å². The van der Waals surface area contributed by atoms with Crippen molar-refractivity contribution in [1.82, 2.24) is 5.32 Å². The molecule has 4 rings (SSSR count). The van der Waals surface area contributed by atoms with E-state index in [1.165, 1.54) is 24.1 Å². The smallest absolute Gasteiger partial charge is 0.114 e. The van der Waals surface area contributed by atoms with Crippen LogP contribution in [0.3, 0.4) is 0 Å². The molecule has 3 nitrogen and oxygen atoms in total. The van der Waals surface area contributed by atoms with E-state index in [9.17, 15) is 0 Å². The molecule has 1 saturated heterocycles. The number of nitrogens with zero attached hydrogens (tertiary/aromatic N) is 2. The molecule has 1 aromatic rings. The molecule has 2 bridgehead atoms. The van der Waals surface area contributed by atoms with Gasteiger partial charge < -0.3 is 10.2 Å². The largest absolute Gasteiger partial charge is 0.323 e. The van der Waals surface area contributed by atoms with E-state index < -0.39 is 0 Å². The van der Waals surface area contributed by atoms with Crippen molar-refractivity contribution >= 4 is 35.1 Å². The van der Waals surface area contributed by atoms with Gasteiger partial charge in [-0.15, -0.1) is 0 Å². The van der Waals surface area contributed by atoms with Gasteiger partial charge in [0.2, 0.25) is 0 Å². The average molecular weight is 308 g/mol. The summed E-state index contributed by atoms with van der Waals surface area (Å²) < 4.78 is 0. The highest BCUT2D eigenvalue weighted by Crippen LogP contribution is 2.38. The van der Waals surface area contributed by atoms with Crippen LogP contribution in [0, 0.1) is 0 Å². The van der Waals surface area contributed by atoms with Crippen molar-refractivity contribution in [2.75, 3.05) is 11.6 Å². The Bertz CT molecular complexity index is 624. The van der Waals surface area contributed by atoms with Gasteiger partial charge in [0.1, 0.15) is 6.67 Å². The zero-order chi connectivity index (χ0) is 13.7. The predicted octanol–water partition coefficient (Wildman–Crippen LogP) is 3.62. The first-order chi connectivity index (χ1) is 9.72. The molecule has 3 aliphatic heterocycles. The summed E-state index contributed by atoms with van der Waals surface area (Å²) in [5, 5.41) is 4.88. The third-order valence-corrected chi connectivity index (χ3v) is 5.08.